The minimum Gasteiger partial charge on any atom is -0.345 e. The molecule has 0 radical (unpaired) electrons. The number of carbonyl (C=O) groups is 3. The van der Waals surface area contributed by atoms with Gasteiger partial charge in [0.15, 0.2) is 11.6 Å². The van der Waals surface area contributed by atoms with Gasteiger partial charge in [0, 0.05) is 11.1 Å². The zero-order valence-corrected chi connectivity index (χ0v) is 21.2. The first kappa shape index (κ1) is 32.4. The third-order valence-corrected chi connectivity index (χ3v) is 5.83. The molecular formula is C26H15ClF10N2O3. The molecule has 0 spiro atoms. The fourth-order valence-corrected chi connectivity index (χ4v) is 3.94. The zero-order chi connectivity index (χ0) is 31.6. The summed E-state index contributed by atoms with van der Waals surface area (Å²) < 4.78 is 132. The van der Waals surface area contributed by atoms with Crippen molar-refractivity contribution in [2.24, 2.45) is 0 Å². The summed E-state index contributed by atoms with van der Waals surface area (Å²) in [4.78, 5) is 37.2. The van der Waals surface area contributed by atoms with Gasteiger partial charge in [0.25, 0.3) is 5.91 Å². The molecule has 2 N–H and O–H groups in total. The molecule has 0 saturated heterocycles. The Kier molecular flexibility index (Phi) is 9.25. The van der Waals surface area contributed by atoms with Crippen LogP contribution in [0, 0.1) is 5.82 Å². The van der Waals surface area contributed by atoms with Crippen LogP contribution in [0.25, 0.3) is 16.3 Å². The fraction of sp³-hybridized carbons (Fsp3) is 0.192. The summed E-state index contributed by atoms with van der Waals surface area (Å²) >= 11 is 5.41. The number of hydrogen-bond donors (Lipinski definition) is 2. The van der Waals surface area contributed by atoms with Crippen molar-refractivity contribution in [2.45, 2.75) is 18.5 Å². The minimum absolute atomic E-state index is 0.00374. The van der Waals surface area contributed by atoms with Gasteiger partial charge < -0.3 is 10.6 Å². The lowest BCUT2D eigenvalue weighted by molar-refractivity contribution is -0.140. The zero-order valence-electron chi connectivity index (χ0n) is 20.5. The molecule has 0 aliphatic rings. The molecule has 0 fully saturated rings. The van der Waals surface area contributed by atoms with Crippen molar-refractivity contribution >= 4 is 45.5 Å². The maximum Gasteiger partial charge on any atom is 0.419 e. The van der Waals surface area contributed by atoms with Crippen molar-refractivity contribution < 1.29 is 58.3 Å². The second-order valence-electron chi connectivity index (χ2n) is 8.52. The van der Waals surface area contributed by atoms with Crippen LogP contribution >= 0.6 is 11.6 Å². The Hall–Kier alpha value is -4.14. The Morgan fingerprint density at radius 2 is 1.38 bits per heavy atom. The summed E-state index contributed by atoms with van der Waals surface area (Å²) in [5.74, 6) is -5.50. The first-order valence-corrected chi connectivity index (χ1v) is 11.7. The van der Waals surface area contributed by atoms with Crippen molar-refractivity contribution in [1.29, 1.82) is 0 Å². The predicted octanol–water partition coefficient (Wildman–Crippen LogP) is 6.89. The summed E-state index contributed by atoms with van der Waals surface area (Å²) in [6.45, 7) is -2.50. The Balaban J connectivity index is 2.01. The van der Waals surface area contributed by atoms with Crippen molar-refractivity contribution in [1.82, 2.24) is 10.6 Å². The van der Waals surface area contributed by atoms with E-state index in [1.54, 1.807) is 0 Å². The number of allylic oxidation sites excluding steroid dienone is 2. The van der Waals surface area contributed by atoms with Crippen LogP contribution in [0.5, 0.6) is 0 Å². The Bertz CT molecular complexity index is 1580. The van der Waals surface area contributed by atoms with Gasteiger partial charge in [-0.15, -0.1) is 0 Å². The molecule has 224 valence electrons. The standard InChI is InChI=1S/C26H15ClF10N2O3/c27-19-8-12(7-18(22(19)28)26(35,36)37)17(25(32,33)34)9-20(40)15-5-6-16(14-4-2-1-3-13(14)15)23(42)38-10-21(41)39-11-24(29,30)31/h1-9H,10-11H2,(H,38,42)(H,39,41). The number of rotatable bonds is 7. The molecule has 0 heterocycles. The van der Waals surface area contributed by atoms with Crippen molar-refractivity contribution in [3.05, 3.63) is 87.7 Å². The molecule has 0 aromatic heterocycles. The lowest BCUT2D eigenvalue weighted by Crippen LogP contribution is -2.40. The predicted molar refractivity (Wildman–Crippen MR) is 130 cm³/mol. The molecule has 16 heteroatoms. The van der Waals surface area contributed by atoms with E-state index in [-0.39, 0.29) is 34.5 Å². The topological polar surface area (TPSA) is 75.3 Å². The third-order valence-electron chi connectivity index (χ3n) is 5.56. The van der Waals surface area contributed by atoms with Gasteiger partial charge in [-0.25, -0.2) is 4.39 Å². The van der Waals surface area contributed by atoms with Gasteiger partial charge in [0.05, 0.1) is 22.7 Å². The summed E-state index contributed by atoms with van der Waals surface area (Å²) in [6.07, 6.45) is -15.5. The highest BCUT2D eigenvalue weighted by Gasteiger charge is 2.40. The lowest BCUT2D eigenvalue weighted by atomic mass is 9.94. The second kappa shape index (κ2) is 12.0. The molecule has 0 atom stereocenters. The van der Waals surface area contributed by atoms with E-state index in [9.17, 15) is 58.3 Å². The van der Waals surface area contributed by atoms with Crippen molar-refractivity contribution in [3.63, 3.8) is 0 Å². The average molecular weight is 629 g/mol. The Labute approximate surface area is 234 Å². The number of nitrogens with one attached hydrogen (secondary N) is 2. The highest BCUT2D eigenvalue weighted by molar-refractivity contribution is 6.31. The molecule has 0 bridgehead atoms. The van der Waals surface area contributed by atoms with Crippen LogP contribution in [0.4, 0.5) is 43.9 Å². The van der Waals surface area contributed by atoms with Gasteiger partial charge in [0.1, 0.15) is 6.54 Å². The summed E-state index contributed by atoms with van der Waals surface area (Å²) in [5, 5.41) is 2.26. The van der Waals surface area contributed by atoms with Gasteiger partial charge in [0.2, 0.25) is 5.91 Å². The first-order chi connectivity index (χ1) is 19.3. The Morgan fingerprint density at radius 3 is 1.93 bits per heavy atom. The number of hydrogen-bond acceptors (Lipinski definition) is 3. The third kappa shape index (κ3) is 7.78. The number of halogens is 11. The number of alkyl halides is 9. The van der Waals surface area contributed by atoms with Crippen LogP contribution in [0.3, 0.4) is 0 Å². The monoisotopic (exact) mass is 628 g/mol. The van der Waals surface area contributed by atoms with Crippen molar-refractivity contribution in [3.8, 4) is 0 Å². The molecule has 2 amide bonds. The highest BCUT2D eigenvalue weighted by Crippen LogP contribution is 2.41. The summed E-state index contributed by atoms with van der Waals surface area (Å²) in [7, 11) is 0. The number of amides is 2. The number of benzene rings is 3. The SMILES string of the molecule is O=C(CNC(=O)c1ccc(C(=O)C=C(c2cc(Cl)c(F)c(C(F)(F)F)c2)C(F)(F)F)c2ccccc12)NCC(F)(F)F. The number of ketones is 1. The van der Waals surface area contributed by atoms with E-state index in [2.05, 4.69) is 5.32 Å². The largest absolute Gasteiger partial charge is 0.419 e. The molecule has 42 heavy (non-hydrogen) atoms. The molecular weight excluding hydrogens is 614 g/mol. The molecule has 0 unspecified atom stereocenters. The van der Waals surface area contributed by atoms with E-state index < -0.39 is 82.3 Å². The van der Waals surface area contributed by atoms with E-state index in [0.29, 0.717) is 0 Å². The van der Waals surface area contributed by atoms with Crippen LogP contribution in [-0.4, -0.2) is 43.0 Å². The minimum atomic E-state index is -5.41. The molecule has 0 aliphatic heterocycles. The van der Waals surface area contributed by atoms with Crippen LogP contribution < -0.4 is 10.6 Å². The summed E-state index contributed by atoms with van der Waals surface area (Å²) in [6, 6.07) is 7.36. The Morgan fingerprint density at radius 1 is 0.810 bits per heavy atom. The van der Waals surface area contributed by atoms with Crippen LogP contribution in [0.15, 0.2) is 54.6 Å². The van der Waals surface area contributed by atoms with Crippen LogP contribution in [0.2, 0.25) is 5.02 Å². The van der Waals surface area contributed by atoms with Gasteiger partial charge in [-0.05, 0) is 46.7 Å². The van der Waals surface area contributed by atoms with Crippen LogP contribution in [0.1, 0.15) is 31.8 Å². The van der Waals surface area contributed by atoms with E-state index in [4.69, 9.17) is 11.6 Å². The normalized spacial score (nSPS) is 12.8. The highest BCUT2D eigenvalue weighted by atomic mass is 35.5. The second-order valence-corrected chi connectivity index (χ2v) is 8.93. The molecule has 5 nitrogen and oxygen atoms in total. The van der Waals surface area contributed by atoms with Gasteiger partial charge in [-0.2, -0.15) is 39.5 Å². The smallest absolute Gasteiger partial charge is 0.345 e. The molecule has 3 aromatic rings. The quantitative estimate of drug-likeness (QED) is 0.170. The van der Waals surface area contributed by atoms with Gasteiger partial charge >= 0.3 is 18.5 Å². The summed E-state index contributed by atoms with van der Waals surface area (Å²) in [5.41, 5.74) is -5.81. The fourth-order valence-electron chi connectivity index (χ4n) is 3.72. The maximum atomic E-state index is 13.9. The maximum absolute atomic E-state index is 13.9. The first-order valence-electron chi connectivity index (χ1n) is 11.3. The van der Waals surface area contributed by atoms with Gasteiger partial charge in [-0.3, -0.25) is 14.4 Å². The van der Waals surface area contributed by atoms with E-state index in [1.165, 1.54) is 29.6 Å². The van der Waals surface area contributed by atoms with E-state index in [1.807, 2.05) is 0 Å². The van der Waals surface area contributed by atoms with Crippen LogP contribution in [-0.2, 0) is 11.0 Å². The van der Waals surface area contributed by atoms with E-state index >= 15 is 0 Å². The number of fused-ring (bicyclic) bond motifs is 1. The van der Waals surface area contributed by atoms with Gasteiger partial charge in [-0.1, -0.05) is 35.9 Å². The average Bonchev–Trinajstić information content (AvgIpc) is 2.88. The van der Waals surface area contributed by atoms with Crippen molar-refractivity contribution in [2.75, 3.05) is 13.1 Å². The number of carbonyl (C=O) groups excluding carboxylic acids is 3. The molecule has 3 aromatic carbocycles. The lowest BCUT2D eigenvalue weighted by Gasteiger charge is -2.16. The van der Waals surface area contributed by atoms with E-state index in [0.717, 1.165) is 12.1 Å². The molecule has 0 saturated carbocycles. The molecule has 0 aliphatic carbocycles. The molecule has 3 rings (SSSR count).